The van der Waals surface area contributed by atoms with Crippen LogP contribution < -0.4 is 0 Å². The number of amides is 1. The average Bonchev–Trinajstić information content (AvgIpc) is 3.11. The highest BCUT2D eigenvalue weighted by Gasteiger charge is 2.33. The maximum absolute atomic E-state index is 13.8. The van der Waals surface area contributed by atoms with E-state index in [1.807, 2.05) is 6.92 Å². The normalized spacial score (nSPS) is 11.7. The summed E-state index contributed by atoms with van der Waals surface area (Å²) in [4.78, 5) is 45.4. The second-order valence-electron chi connectivity index (χ2n) is 8.23. The first-order chi connectivity index (χ1) is 16.7. The van der Waals surface area contributed by atoms with Crippen molar-refractivity contribution >= 4 is 17.7 Å². The number of Topliss-reactive ketones (excluding diaryl/α,β-unsaturated/α-hetero) is 1. The van der Waals surface area contributed by atoms with Crippen LogP contribution in [0.5, 0.6) is 0 Å². The molecule has 0 N–H and O–H groups in total. The Morgan fingerprint density at radius 3 is 2.26 bits per heavy atom. The average molecular weight is 480 g/mol. The van der Waals surface area contributed by atoms with Gasteiger partial charge in [-0.05, 0) is 82.1 Å². The number of halogens is 1. The molecule has 0 aliphatic carbocycles. The van der Waals surface area contributed by atoms with Crippen molar-refractivity contribution in [1.29, 1.82) is 0 Å². The van der Waals surface area contributed by atoms with E-state index in [4.69, 9.17) is 4.74 Å². The van der Waals surface area contributed by atoms with Gasteiger partial charge in [0.05, 0.1) is 12.6 Å². The van der Waals surface area contributed by atoms with Gasteiger partial charge in [0, 0.05) is 42.3 Å². The van der Waals surface area contributed by atoms with Crippen molar-refractivity contribution in [2.45, 2.75) is 53.8 Å². The number of ether oxygens (including phenoxy) is 1. The number of esters is 1. The summed E-state index contributed by atoms with van der Waals surface area (Å²) >= 11 is 0. The van der Waals surface area contributed by atoms with E-state index in [0.717, 1.165) is 5.56 Å². The van der Waals surface area contributed by atoms with Gasteiger partial charge in [-0.2, -0.15) is 0 Å². The Hall–Kier alpha value is -3.81. The predicted molar refractivity (Wildman–Crippen MR) is 130 cm³/mol. The summed E-state index contributed by atoms with van der Waals surface area (Å²) in [7, 11) is 0. The topological polar surface area (TPSA) is 81.5 Å². The molecule has 3 rings (SSSR count). The summed E-state index contributed by atoms with van der Waals surface area (Å²) in [6.45, 7) is 9.65. The van der Waals surface area contributed by atoms with Crippen LogP contribution in [-0.4, -0.2) is 44.8 Å². The summed E-state index contributed by atoms with van der Waals surface area (Å²) < 4.78 is 20.4. The van der Waals surface area contributed by atoms with Crippen LogP contribution in [0.2, 0.25) is 0 Å². The number of carbonyl (C=O) groups excluding carboxylic acids is 3. The predicted octanol–water partition coefficient (Wildman–Crippen LogP) is 4.75. The standard InChI is InChI=1S/C27H30FN3O4/c1-6-30-18(4)23(17(3)24(30)27(34)35-7-2)25(32)19(5)31(16-20-12-14-29-15-13-20)26(33)21-8-10-22(28)11-9-21/h8-15,19H,6-7,16H2,1-5H3. The first kappa shape index (κ1) is 25.8. The first-order valence-corrected chi connectivity index (χ1v) is 11.6. The molecule has 0 radical (unpaired) electrons. The fraction of sp³-hybridized carbons (Fsp3) is 0.333. The third kappa shape index (κ3) is 5.31. The van der Waals surface area contributed by atoms with E-state index in [1.165, 1.54) is 29.2 Å². The molecule has 2 aromatic heterocycles. The molecule has 0 aliphatic heterocycles. The van der Waals surface area contributed by atoms with E-state index >= 15 is 0 Å². The molecule has 0 aliphatic rings. The maximum atomic E-state index is 13.8. The molecule has 184 valence electrons. The maximum Gasteiger partial charge on any atom is 0.355 e. The van der Waals surface area contributed by atoms with E-state index in [-0.39, 0.29) is 24.5 Å². The number of nitrogens with zero attached hydrogens (tertiary/aromatic N) is 3. The van der Waals surface area contributed by atoms with E-state index in [2.05, 4.69) is 4.98 Å². The molecule has 1 atom stereocenters. The highest BCUT2D eigenvalue weighted by molar-refractivity contribution is 6.07. The van der Waals surface area contributed by atoms with Gasteiger partial charge in [0.25, 0.3) is 5.91 Å². The molecule has 0 fully saturated rings. The molecule has 0 spiro atoms. The molecule has 0 saturated carbocycles. The summed E-state index contributed by atoms with van der Waals surface area (Å²) in [5.41, 5.74) is 2.97. The van der Waals surface area contributed by atoms with Crippen LogP contribution in [0, 0.1) is 19.7 Å². The minimum atomic E-state index is -0.860. The van der Waals surface area contributed by atoms with Gasteiger partial charge in [-0.15, -0.1) is 0 Å². The number of aromatic nitrogens is 2. The lowest BCUT2D eigenvalue weighted by atomic mass is 9.98. The van der Waals surface area contributed by atoms with Crippen molar-refractivity contribution in [1.82, 2.24) is 14.5 Å². The monoisotopic (exact) mass is 479 g/mol. The van der Waals surface area contributed by atoms with Gasteiger partial charge in [0.15, 0.2) is 5.78 Å². The summed E-state index contributed by atoms with van der Waals surface area (Å²) in [5.74, 6) is -1.64. The lowest BCUT2D eigenvalue weighted by Crippen LogP contribution is -2.43. The Morgan fingerprint density at radius 2 is 1.69 bits per heavy atom. The largest absolute Gasteiger partial charge is 0.461 e. The van der Waals surface area contributed by atoms with Crippen molar-refractivity contribution < 1.29 is 23.5 Å². The fourth-order valence-electron chi connectivity index (χ4n) is 4.29. The first-order valence-electron chi connectivity index (χ1n) is 11.6. The molecular formula is C27H30FN3O4. The second kappa shape index (κ2) is 11.1. The van der Waals surface area contributed by atoms with Gasteiger partial charge in [0.1, 0.15) is 11.5 Å². The Bertz CT molecular complexity index is 1220. The van der Waals surface area contributed by atoms with Gasteiger partial charge >= 0.3 is 5.97 Å². The summed E-state index contributed by atoms with van der Waals surface area (Å²) in [6.07, 6.45) is 3.23. The summed E-state index contributed by atoms with van der Waals surface area (Å²) in [6, 6.07) is 7.91. The van der Waals surface area contributed by atoms with E-state index < -0.39 is 23.7 Å². The molecule has 0 bridgehead atoms. The molecule has 1 unspecified atom stereocenters. The third-order valence-corrected chi connectivity index (χ3v) is 6.10. The van der Waals surface area contributed by atoms with Gasteiger partial charge in [0.2, 0.25) is 0 Å². The minimum Gasteiger partial charge on any atom is -0.461 e. The lowest BCUT2D eigenvalue weighted by Gasteiger charge is -2.29. The highest BCUT2D eigenvalue weighted by atomic mass is 19.1. The number of rotatable bonds is 9. The molecule has 1 amide bonds. The van der Waals surface area contributed by atoms with Crippen LogP contribution in [0.4, 0.5) is 4.39 Å². The quantitative estimate of drug-likeness (QED) is 0.327. The van der Waals surface area contributed by atoms with Gasteiger partial charge in [-0.1, -0.05) is 0 Å². The van der Waals surface area contributed by atoms with Crippen LogP contribution in [0.25, 0.3) is 0 Å². The smallest absolute Gasteiger partial charge is 0.355 e. The summed E-state index contributed by atoms with van der Waals surface area (Å²) in [5, 5.41) is 0. The van der Waals surface area contributed by atoms with E-state index in [9.17, 15) is 18.8 Å². The van der Waals surface area contributed by atoms with Crippen molar-refractivity contribution in [3.8, 4) is 0 Å². The fourth-order valence-corrected chi connectivity index (χ4v) is 4.29. The van der Waals surface area contributed by atoms with Gasteiger partial charge < -0.3 is 14.2 Å². The van der Waals surface area contributed by atoms with E-state index in [0.29, 0.717) is 29.1 Å². The van der Waals surface area contributed by atoms with Crippen molar-refractivity contribution in [3.05, 3.63) is 88.3 Å². The van der Waals surface area contributed by atoms with Crippen LogP contribution >= 0.6 is 0 Å². The number of hydrogen-bond acceptors (Lipinski definition) is 5. The van der Waals surface area contributed by atoms with Crippen LogP contribution in [-0.2, 0) is 17.8 Å². The molecule has 0 saturated heterocycles. The number of hydrogen-bond donors (Lipinski definition) is 0. The van der Waals surface area contributed by atoms with Crippen LogP contribution in [0.1, 0.15) is 68.8 Å². The minimum absolute atomic E-state index is 0.156. The van der Waals surface area contributed by atoms with Crippen LogP contribution in [0.15, 0.2) is 48.8 Å². The molecule has 1 aromatic carbocycles. The Balaban J connectivity index is 2.05. The Morgan fingerprint density at radius 1 is 1.06 bits per heavy atom. The van der Waals surface area contributed by atoms with Crippen LogP contribution in [0.3, 0.4) is 0 Å². The zero-order chi connectivity index (χ0) is 25.7. The molecule has 8 heteroatoms. The van der Waals surface area contributed by atoms with Crippen molar-refractivity contribution in [2.24, 2.45) is 0 Å². The zero-order valence-electron chi connectivity index (χ0n) is 20.7. The molecule has 35 heavy (non-hydrogen) atoms. The second-order valence-corrected chi connectivity index (χ2v) is 8.23. The highest BCUT2D eigenvalue weighted by Crippen LogP contribution is 2.27. The van der Waals surface area contributed by atoms with Gasteiger partial charge in [-0.3, -0.25) is 14.6 Å². The third-order valence-electron chi connectivity index (χ3n) is 6.10. The molecular weight excluding hydrogens is 449 g/mol. The SMILES string of the molecule is CCOC(=O)c1c(C)c(C(=O)C(C)N(Cc2ccncc2)C(=O)c2ccc(F)cc2)c(C)n1CC. The Labute approximate surface area is 204 Å². The number of ketones is 1. The van der Waals surface area contributed by atoms with Gasteiger partial charge in [-0.25, -0.2) is 9.18 Å². The molecule has 3 aromatic rings. The number of benzene rings is 1. The zero-order valence-corrected chi connectivity index (χ0v) is 20.7. The van der Waals surface area contributed by atoms with Crippen molar-refractivity contribution in [3.63, 3.8) is 0 Å². The lowest BCUT2D eigenvalue weighted by molar-refractivity contribution is 0.0512. The number of pyridine rings is 1. The van der Waals surface area contributed by atoms with Crippen molar-refractivity contribution in [2.75, 3.05) is 6.61 Å². The molecule has 7 nitrogen and oxygen atoms in total. The number of carbonyl (C=O) groups is 3. The molecule has 2 heterocycles. The Kier molecular flexibility index (Phi) is 8.17. The van der Waals surface area contributed by atoms with E-state index in [1.54, 1.807) is 56.8 Å².